The molecule has 2 heterocycles. The van der Waals surface area contributed by atoms with E-state index in [2.05, 4.69) is 31.9 Å². The van der Waals surface area contributed by atoms with Crippen molar-refractivity contribution in [1.29, 1.82) is 0 Å². The third-order valence-electron chi connectivity index (χ3n) is 4.32. The van der Waals surface area contributed by atoms with Crippen LogP contribution in [0.15, 0.2) is 6.33 Å². The predicted octanol–water partition coefficient (Wildman–Crippen LogP) is 1.01. The monoisotopic (exact) mass is 249 g/mol. The van der Waals surface area contributed by atoms with Crippen molar-refractivity contribution in [2.75, 3.05) is 13.1 Å². The molecule has 2 unspecified atom stereocenters. The first-order chi connectivity index (χ1) is 8.86. The molecule has 5 nitrogen and oxygen atoms in total. The number of rotatable bonds is 3. The fourth-order valence-corrected chi connectivity index (χ4v) is 3.37. The molecule has 0 bridgehead atoms. The van der Waals surface area contributed by atoms with E-state index < -0.39 is 0 Å². The van der Waals surface area contributed by atoms with E-state index >= 15 is 0 Å². The maximum Gasteiger partial charge on any atom is 0.147 e. The van der Waals surface area contributed by atoms with Gasteiger partial charge in [0.05, 0.1) is 6.54 Å². The highest BCUT2D eigenvalue weighted by Crippen LogP contribution is 2.25. The normalized spacial score (nSPS) is 29.2. The van der Waals surface area contributed by atoms with Gasteiger partial charge in [-0.05, 0) is 25.8 Å². The molecule has 0 spiro atoms. The molecule has 1 saturated carbocycles. The first-order valence-corrected chi connectivity index (χ1v) is 7.21. The minimum atomic E-state index is 0.716. The second-order valence-electron chi connectivity index (χ2n) is 5.49. The van der Waals surface area contributed by atoms with Crippen molar-refractivity contribution >= 4 is 0 Å². The number of aromatic nitrogens is 3. The van der Waals surface area contributed by atoms with E-state index in [1.165, 1.54) is 25.7 Å². The average molecular weight is 249 g/mol. The lowest BCUT2D eigenvalue weighted by Crippen LogP contribution is -2.47. The van der Waals surface area contributed by atoms with Crippen LogP contribution in [0.5, 0.6) is 0 Å². The van der Waals surface area contributed by atoms with Gasteiger partial charge in [-0.1, -0.05) is 13.3 Å². The minimum Gasteiger partial charge on any atom is -0.315 e. The summed E-state index contributed by atoms with van der Waals surface area (Å²) in [5.41, 5.74) is 0. The summed E-state index contributed by atoms with van der Waals surface area (Å²) in [5, 5.41) is 11.8. The van der Waals surface area contributed by atoms with Crippen LogP contribution in [-0.4, -0.2) is 44.8 Å². The summed E-state index contributed by atoms with van der Waals surface area (Å²) >= 11 is 0. The van der Waals surface area contributed by atoms with Crippen molar-refractivity contribution in [2.45, 2.75) is 57.8 Å². The Morgan fingerprint density at radius 2 is 2.33 bits per heavy atom. The van der Waals surface area contributed by atoms with Crippen LogP contribution in [0, 0.1) is 0 Å². The van der Waals surface area contributed by atoms with Crippen molar-refractivity contribution in [3.63, 3.8) is 0 Å². The second-order valence-corrected chi connectivity index (χ2v) is 5.49. The smallest absolute Gasteiger partial charge is 0.147 e. The van der Waals surface area contributed by atoms with E-state index in [1.807, 2.05) is 6.33 Å². The first kappa shape index (κ1) is 12.1. The van der Waals surface area contributed by atoms with Crippen LogP contribution >= 0.6 is 0 Å². The molecule has 1 aliphatic heterocycles. The third-order valence-corrected chi connectivity index (χ3v) is 4.32. The van der Waals surface area contributed by atoms with Crippen molar-refractivity contribution < 1.29 is 0 Å². The molecule has 0 amide bonds. The van der Waals surface area contributed by atoms with Crippen molar-refractivity contribution in [3.8, 4) is 0 Å². The Morgan fingerprint density at radius 3 is 3.22 bits per heavy atom. The SMILES string of the molecule is CCNC1CCCC(N2CCn3cnnc3C2)C1. The molecule has 1 fully saturated rings. The molecule has 1 aromatic heterocycles. The highest BCUT2D eigenvalue weighted by Gasteiger charge is 2.29. The van der Waals surface area contributed by atoms with Crippen molar-refractivity contribution in [3.05, 3.63) is 12.2 Å². The maximum atomic E-state index is 4.21. The quantitative estimate of drug-likeness (QED) is 0.868. The Bertz CT molecular complexity index is 386. The van der Waals surface area contributed by atoms with Gasteiger partial charge in [0.25, 0.3) is 0 Å². The summed E-state index contributed by atoms with van der Waals surface area (Å²) < 4.78 is 2.18. The zero-order chi connectivity index (χ0) is 12.4. The van der Waals surface area contributed by atoms with Crippen molar-refractivity contribution in [2.24, 2.45) is 0 Å². The Kier molecular flexibility index (Phi) is 3.61. The standard InChI is InChI=1S/C13H23N5/c1-2-14-11-4-3-5-12(8-11)17-6-7-18-10-15-16-13(18)9-17/h10-12,14H,2-9H2,1H3. The van der Waals surface area contributed by atoms with Crippen LogP contribution in [0.2, 0.25) is 0 Å². The lowest BCUT2D eigenvalue weighted by Gasteiger charge is -2.39. The van der Waals surface area contributed by atoms with Gasteiger partial charge in [-0.3, -0.25) is 4.90 Å². The molecule has 1 N–H and O–H groups in total. The molecule has 1 aliphatic carbocycles. The van der Waals surface area contributed by atoms with E-state index in [1.54, 1.807) is 0 Å². The van der Waals surface area contributed by atoms with Gasteiger partial charge in [0.1, 0.15) is 12.2 Å². The lowest BCUT2D eigenvalue weighted by molar-refractivity contribution is 0.108. The van der Waals surface area contributed by atoms with Crippen LogP contribution < -0.4 is 5.32 Å². The van der Waals surface area contributed by atoms with E-state index in [9.17, 15) is 0 Å². The summed E-state index contributed by atoms with van der Waals surface area (Å²) in [7, 11) is 0. The maximum absolute atomic E-state index is 4.21. The number of hydrogen-bond acceptors (Lipinski definition) is 4. The topological polar surface area (TPSA) is 46.0 Å². The molecule has 2 atom stereocenters. The summed E-state index contributed by atoms with van der Waals surface area (Å²) in [4.78, 5) is 2.60. The van der Waals surface area contributed by atoms with E-state index in [0.717, 1.165) is 38.0 Å². The second kappa shape index (κ2) is 5.36. The largest absolute Gasteiger partial charge is 0.315 e. The summed E-state index contributed by atoms with van der Waals surface area (Å²) in [6, 6.07) is 1.45. The van der Waals surface area contributed by atoms with Gasteiger partial charge in [-0.15, -0.1) is 10.2 Å². The zero-order valence-corrected chi connectivity index (χ0v) is 11.2. The Balaban J connectivity index is 1.62. The van der Waals surface area contributed by atoms with E-state index in [-0.39, 0.29) is 0 Å². The Morgan fingerprint density at radius 1 is 1.39 bits per heavy atom. The molecule has 3 rings (SSSR count). The molecular formula is C13H23N5. The van der Waals surface area contributed by atoms with Gasteiger partial charge >= 0.3 is 0 Å². The molecule has 0 saturated heterocycles. The first-order valence-electron chi connectivity index (χ1n) is 7.21. The summed E-state index contributed by atoms with van der Waals surface area (Å²) in [6.45, 7) is 6.46. The molecule has 100 valence electrons. The number of nitrogens with one attached hydrogen (secondary N) is 1. The molecule has 2 aliphatic rings. The number of hydrogen-bond donors (Lipinski definition) is 1. The minimum absolute atomic E-state index is 0.716. The molecular weight excluding hydrogens is 226 g/mol. The molecule has 1 aromatic rings. The molecule has 0 aromatic carbocycles. The fourth-order valence-electron chi connectivity index (χ4n) is 3.37. The summed E-state index contributed by atoms with van der Waals surface area (Å²) in [5.74, 6) is 1.13. The van der Waals surface area contributed by atoms with E-state index in [4.69, 9.17) is 0 Å². The van der Waals surface area contributed by atoms with Gasteiger partial charge < -0.3 is 9.88 Å². The van der Waals surface area contributed by atoms with Gasteiger partial charge in [0.2, 0.25) is 0 Å². The van der Waals surface area contributed by atoms with Crippen LogP contribution in [-0.2, 0) is 13.1 Å². The predicted molar refractivity (Wildman–Crippen MR) is 70.2 cm³/mol. The van der Waals surface area contributed by atoms with Crippen LogP contribution in [0.1, 0.15) is 38.4 Å². The lowest BCUT2D eigenvalue weighted by atomic mass is 9.89. The van der Waals surface area contributed by atoms with Gasteiger partial charge in [0, 0.05) is 25.2 Å². The van der Waals surface area contributed by atoms with Crippen molar-refractivity contribution in [1.82, 2.24) is 25.0 Å². The molecule has 0 radical (unpaired) electrons. The molecule has 18 heavy (non-hydrogen) atoms. The zero-order valence-electron chi connectivity index (χ0n) is 11.2. The molecule has 5 heteroatoms. The van der Waals surface area contributed by atoms with E-state index in [0.29, 0.717) is 6.04 Å². The highest BCUT2D eigenvalue weighted by molar-refractivity contribution is 4.93. The number of nitrogens with zero attached hydrogens (tertiary/aromatic N) is 4. The fraction of sp³-hybridized carbons (Fsp3) is 0.846. The summed E-state index contributed by atoms with van der Waals surface area (Å²) in [6.07, 6.45) is 7.19. The van der Waals surface area contributed by atoms with Crippen LogP contribution in [0.4, 0.5) is 0 Å². The van der Waals surface area contributed by atoms with Crippen LogP contribution in [0.25, 0.3) is 0 Å². The highest BCUT2D eigenvalue weighted by atomic mass is 15.3. The van der Waals surface area contributed by atoms with Gasteiger partial charge in [-0.2, -0.15) is 0 Å². The van der Waals surface area contributed by atoms with Gasteiger partial charge in [-0.25, -0.2) is 0 Å². The Hall–Kier alpha value is -0.940. The average Bonchev–Trinajstić information content (AvgIpc) is 2.86. The Labute approximate surface area is 109 Å². The number of fused-ring (bicyclic) bond motifs is 1. The van der Waals surface area contributed by atoms with Gasteiger partial charge in [0.15, 0.2) is 0 Å². The third kappa shape index (κ3) is 2.42. The van der Waals surface area contributed by atoms with Crippen LogP contribution in [0.3, 0.4) is 0 Å².